The van der Waals surface area contributed by atoms with Gasteiger partial charge in [0, 0.05) is 11.0 Å². The van der Waals surface area contributed by atoms with E-state index in [1.165, 1.54) is 18.2 Å². The number of halogens is 1. The van der Waals surface area contributed by atoms with Crippen LogP contribution in [0.3, 0.4) is 0 Å². The van der Waals surface area contributed by atoms with E-state index in [9.17, 15) is 9.18 Å². The maximum absolute atomic E-state index is 13.1. The lowest BCUT2D eigenvalue weighted by Crippen LogP contribution is -2.29. The Balaban J connectivity index is 2.03. The van der Waals surface area contributed by atoms with E-state index < -0.39 is 0 Å². The van der Waals surface area contributed by atoms with Crippen molar-refractivity contribution in [3.63, 3.8) is 0 Å². The number of carbonyl (C=O) groups is 1. The van der Waals surface area contributed by atoms with Crippen LogP contribution in [0.1, 0.15) is 30.3 Å². The molecule has 2 rings (SSSR count). The Hall–Kier alpha value is -1.94. The third kappa shape index (κ3) is 4.53. The molecule has 1 N–H and O–H groups in total. The Morgan fingerprint density at radius 2 is 2.10 bits per heavy atom. The predicted molar refractivity (Wildman–Crippen MR) is 85.5 cm³/mol. The van der Waals surface area contributed by atoms with Gasteiger partial charge in [0.05, 0.1) is 6.04 Å². The van der Waals surface area contributed by atoms with E-state index in [2.05, 4.69) is 19.2 Å². The normalized spacial score (nSPS) is 12.8. The molecule has 1 atom stereocenters. The smallest absolute Gasteiger partial charge is 0.244 e. The molecule has 2 nitrogen and oxygen atoms in total. The molecule has 1 heterocycles. The lowest BCUT2D eigenvalue weighted by molar-refractivity contribution is -0.117. The summed E-state index contributed by atoms with van der Waals surface area (Å²) in [5.41, 5.74) is 0.669. The number of nitrogens with one attached hydrogen (secondary N) is 1. The highest BCUT2D eigenvalue weighted by atomic mass is 32.1. The summed E-state index contributed by atoms with van der Waals surface area (Å²) in [6.45, 7) is 4.14. The summed E-state index contributed by atoms with van der Waals surface area (Å²) < 4.78 is 13.1. The van der Waals surface area contributed by atoms with Gasteiger partial charge in [0.1, 0.15) is 5.82 Å². The molecular weight excluding hydrogens is 285 g/mol. The van der Waals surface area contributed by atoms with Gasteiger partial charge in [-0.1, -0.05) is 32.0 Å². The van der Waals surface area contributed by atoms with Crippen molar-refractivity contribution >= 4 is 23.3 Å². The van der Waals surface area contributed by atoms with Crippen molar-refractivity contribution in [2.45, 2.75) is 19.9 Å². The summed E-state index contributed by atoms with van der Waals surface area (Å²) in [6.07, 6.45) is 3.06. The fraction of sp³-hybridized carbons (Fsp3) is 0.235. The molecule has 0 fully saturated rings. The Labute approximate surface area is 128 Å². The zero-order valence-electron chi connectivity index (χ0n) is 12.0. The van der Waals surface area contributed by atoms with E-state index in [1.54, 1.807) is 29.5 Å². The van der Waals surface area contributed by atoms with E-state index in [4.69, 9.17) is 0 Å². The maximum atomic E-state index is 13.1. The first-order valence-corrected chi connectivity index (χ1v) is 7.72. The van der Waals surface area contributed by atoms with E-state index in [-0.39, 0.29) is 17.8 Å². The average molecular weight is 303 g/mol. The number of hydrogen-bond acceptors (Lipinski definition) is 2. The number of carbonyl (C=O) groups excluding carboxylic acids is 1. The molecule has 4 heteroatoms. The van der Waals surface area contributed by atoms with Crippen molar-refractivity contribution < 1.29 is 9.18 Å². The molecular formula is C17H18FNOS. The monoisotopic (exact) mass is 303 g/mol. The average Bonchev–Trinajstić information content (AvgIpc) is 2.96. The second kappa shape index (κ2) is 7.18. The van der Waals surface area contributed by atoms with Gasteiger partial charge in [-0.05, 0) is 41.1 Å². The van der Waals surface area contributed by atoms with Crippen LogP contribution in [-0.2, 0) is 4.79 Å². The third-order valence-corrected chi connectivity index (χ3v) is 4.05. The minimum Gasteiger partial charge on any atom is -0.345 e. The zero-order valence-corrected chi connectivity index (χ0v) is 12.9. The summed E-state index contributed by atoms with van der Waals surface area (Å²) in [4.78, 5) is 13.2. The van der Waals surface area contributed by atoms with Gasteiger partial charge in [0.25, 0.3) is 0 Å². The first kappa shape index (κ1) is 15.4. The number of rotatable bonds is 5. The molecule has 1 amide bonds. The van der Waals surface area contributed by atoms with Crippen molar-refractivity contribution in [1.29, 1.82) is 0 Å². The van der Waals surface area contributed by atoms with E-state index in [1.807, 2.05) is 17.5 Å². The molecule has 21 heavy (non-hydrogen) atoms. The standard InChI is InChI=1S/C17H18FNOS/c1-12(2)17(15-7-4-10-21-15)19-16(20)9-8-13-5-3-6-14(18)11-13/h3-12,17H,1-2H3,(H,19,20)/b9-8+/t17-/m0/s1. The Morgan fingerprint density at radius 3 is 2.71 bits per heavy atom. The molecule has 0 saturated carbocycles. The molecule has 1 aromatic heterocycles. The van der Waals surface area contributed by atoms with Crippen molar-refractivity contribution in [2.24, 2.45) is 5.92 Å². The van der Waals surface area contributed by atoms with Gasteiger partial charge in [-0.15, -0.1) is 11.3 Å². The van der Waals surface area contributed by atoms with Crippen LogP contribution in [0.5, 0.6) is 0 Å². The van der Waals surface area contributed by atoms with E-state index in [0.29, 0.717) is 11.5 Å². The van der Waals surface area contributed by atoms with Crippen molar-refractivity contribution in [1.82, 2.24) is 5.32 Å². The summed E-state index contributed by atoms with van der Waals surface area (Å²) in [5, 5.41) is 4.99. The number of hydrogen-bond donors (Lipinski definition) is 1. The van der Waals surface area contributed by atoms with Crippen LogP contribution in [-0.4, -0.2) is 5.91 Å². The zero-order chi connectivity index (χ0) is 15.2. The lowest BCUT2D eigenvalue weighted by Gasteiger charge is -2.20. The van der Waals surface area contributed by atoms with Crippen LogP contribution < -0.4 is 5.32 Å². The Morgan fingerprint density at radius 1 is 1.29 bits per heavy atom. The predicted octanol–water partition coefficient (Wildman–Crippen LogP) is 4.41. The second-order valence-electron chi connectivity index (χ2n) is 5.13. The van der Waals surface area contributed by atoms with Gasteiger partial charge in [-0.2, -0.15) is 0 Å². The molecule has 0 spiro atoms. The number of benzene rings is 1. The topological polar surface area (TPSA) is 29.1 Å². The van der Waals surface area contributed by atoms with Crippen molar-refractivity contribution in [3.05, 3.63) is 64.1 Å². The highest BCUT2D eigenvalue weighted by Crippen LogP contribution is 2.25. The molecule has 1 aromatic carbocycles. The van der Waals surface area contributed by atoms with Crippen molar-refractivity contribution in [2.75, 3.05) is 0 Å². The van der Waals surface area contributed by atoms with Gasteiger partial charge in [0.15, 0.2) is 0 Å². The van der Waals surface area contributed by atoms with Crippen LogP contribution in [0.25, 0.3) is 6.08 Å². The first-order chi connectivity index (χ1) is 10.1. The lowest BCUT2D eigenvalue weighted by atomic mass is 10.0. The van der Waals surface area contributed by atoms with Gasteiger partial charge < -0.3 is 5.32 Å². The molecule has 0 unspecified atom stereocenters. The fourth-order valence-corrected chi connectivity index (χ4v) is 2.97. The Kier molecular flexibility index (Phi) is 5.28. The molecule has 0 aliphatic rings. The van der Waals surface area contributed by atoms with Gasteiger partial charge >= 0.3 is 0 Å². The largest absolute Gasteiger partial charge is 0.345 e. The summed E-state index contributed by atoms with van der Waals surface area (Å²) in [6, 6.07) is 10.1. The SMILES string of the molecule is CC(C)[C@H](NC(=O)/C=C/c1cccc(F)c1)c1cccs1. The molecule has 0 aliphatic heterocycles. The first-order valence-electron chi connectivity index (χ1n) is 6.84. The van der Waals surface area contributed by atoms with Crippen LogP contribution in [0, 0.1) is 11.7 Å². The summed E-state index contributed by atoms with van der Waals surface area (Å²) >= 11 is 1.63. The fourth-order valence-electron chi connectivity index (χ4n) is 2.02. The highest BCUT2D eigenvalue weighted by molar-refractivity contribution is 7.10. The highest BCUT2D eigenvalue weighted by Gasteiger charge is 2.17. The minimum absolute atomic E-state index is 0.00494. The van der Waals surface area contributed by atoms with Crippen LogP contribution >= 0.6 is 11.3 Å². The molecule has 0 radical (unpaired) electrons. The van der Waals surface area contributed by atoms with Gasteiger partial charge in [-0.3, -0.25) is 4.79 Å². The summed E-state index contributed by atoms with van der Waals surface area (Å²) in [7, 11) is 0. The van der Waals surface area contributed by atoms with Gasteiger partial charge in [-0.25, -0.2) is 4.39 Å². The van der Waals surface area contributed by atoms with Crippen LogP contribution in [0.15, 0.2) is 47.9 Å². The van der Waals surface area contributed by atoms with Gasteiger partial charge in [0.2, 0.25) is 5.91 Å². The molecule has 110 valence electrons. The van der Waals surface area contributed by atoms with Crippen LogP contribution in [0.4, 0.5) is 4.39 Å². The molecule has 0 aliphatic carbocycles. The Bertz CT molecular complexity index is 619. The minimum atomic E-state index is -0.309. The molecule has 0 saturated heterocycles. The molecule has 0 bridgehead atoms. The third-order valence-electron chi connectivity index (χ3n) is 3.09. The number of thiophene rings is 1. The quantitative estimate of drug-likeness (QED) is 0.814. The van der Waals surface area contributed by atoms with Crippen LogP contribution in [0.2, 0.25) is 0 Å². The second-order valence-corrected chi connectivity index (χ2v) is 6.11. The van der Waals surface area contributed by atoms with E-state index in [0.717, 1.165) is 4.88 Å². The van der Waals surface area contributed by atoms with Crippen molar-refractivity contribution in [3.8, 4) is 0 Å². The molecule has 2 aromatic rings. The van der Waals surface area contributed by atoms with E-state index >= 15 is 0 Å². The maximum Gasteiger partial charge on any atom is 0.244 e. The summed E-state index contributed by atoms with van der Waals surface area (Å²) in [5.74, 6) is -0.183. The number of amides is 1.